The van der Waals surface area contributed by atoms with Crippen molar-refractivity contribution in [3.8, 4) is 17.4 Å². The Bertz CT molecular complexity index is 1290. The first-order valence-corrected chi connectivity index (χ1v) is 13.6. The zero-order valence-electron chi connectivity index (χ0n) is 23.1. The maximum atomic E-state index is 13.2. The molecule has 0 aliphatic heterocycles. The van der Waals surface area contributed by atoms with Gasteiger partial charge in [0.2, 0.25) is 5.88 Å². The summed E-state index contributed by atoms with van der Waals surface area (Å²) in [6, 6.07) is 13.1. The van der Waals surface area contributed by atoms with Crippen molar-refractivity contribution in [1.29, 1.82) is 0 Å². The van der Waals surface area contributed by atoms with Crippen LogP contribution in [0.25, 0.3) is 0 Å². The van der Waals surface area contributed by atoms with Gasteiger partial charge in [-0.05, 0) is 42.7 Å². The lowest BCUT2D eigenvalue weighted by Gasteiger charge is -2.20. The van der Waals surface area contributed by atoms with Gasteiger partial charge in [0.1, 0.15) is 17.2 Å². The van der Waals surface area contributed by atoms with Crippen molar-refractivity contribution in [3.63, 3.8) is 0 Å². The number of hydrogen-bond acceptors (Lipinski definition) is 10. The van der Waals surface area contributed by atoms with Crippen LogP contribution < -0.4 is 25.1 Å². The van der Waals surface area contributed by atoms with Crippen LogP contribution in [0.4, 0.5) is 5.69 Å². The number of nitrogens with zero attached hydrogens (tertiary/aromatic N) is 5. The van der Waals surface area contributed by atoms with Crippen molar-refractivity contribution in [3.05, 3.63) is 70.3 Å². The average molecular weight is 553 g/mol. The predicted molar refractivity (Wildman–Crippen MR) is 158 cm³/mol. The highest BCUT2D eigenvalue weighted by Gasteiger charge is 2.18. The number of rotatable bonds is 14. The van der Waals surface area contributed by atoms with Gasteiger partial charge in [-0.25, -0.2) is 4.68 Å². The third kappa shape index (κ3) is 8.85. The summed E-state index contributed by atoms with van der Waals surface area (Å²) in [5.74, 6) is 2.82. The number of hydrogen-bond donors (Lipinski definition) is 1. The third-order valence-corrected chi connectivity index (χ3v) is 7.10. The number of methoxy groups -OCH3 is 2. The summed E-state index contributed by atoms with van der Waals surface area (Å²) in [4.78, 5) is 17.8. The fourth-order valence-corrected chi connectivity index (χ4v) is 4.29. The van der Waals surface area contributed by atoms with E-state index in [4.69, 9.17) is 14.2 Å². The smallest absolute Gasteiger partial charge is 0.290 e. The highest BCUT2D eigenvalue weighted by Crippen LogP contribution is 2.25. The summed E-state index contributed by atoms with van der Waals surface area (Å²) >= 11 is 1.53. The highest BCUT2D eigenvalue weighted by atomic mass is 32.2. The molecular formula is C28H36N6O4S. The Kier molecular flexibility index (Phi) is 11.4. The molecule has 0 radical (unpaired) electrons. The molecule has 3 aromatic rings. The number of anilines is 1. The van der Waals surface area contributed by atoms with E-state index in [1.165, 1.54) is 16.4 Å². The number of aromatic nitrogens is 3. The van der Waals surface area contributed by atoms with Gasteiger partial charge in [0, 0.05) is 36.7 Å². The minimum atomic E-state index is -0.231. The van der Waals surface area contributed by atoms with Crippen LogP contribution in [0.2, 0.25) is 0 Å². The molecular weight excluding hydrogens is 516 g/mol. The number of ether oxygens (including phenoxy) is 3. The summed E-state index contributed by atoms with van der Waals surface area (Å²) < 4.78 is 18.0. The van der Waals surface area contributed by atoms with Gasteiger partial charge in [0.05, 0.1) is 38.6 Å². The van der Waals surface area contributed by atoms with E-state index in [-0.39, 0.29) is 17.4 Å². The lowest BCUT2D eigenvalue weighted by Crippen LogP contribution is -2.28. The Labute approximate surface area is 233 Å². The molecule has 0 bridgehead atoms. The van der Waals surface area contributed by atoms with Crippen molar-refractivity contribution in [1.82, 2.24) is 14.8 Å². The molecule has 10 nitrogen and oxygen atoms in total. The van der Waals surface area contributed by atoms with Gasteiger partial charge in [0.15, 0.2) is 0 Å². The van der Waals surface area contributed by atoms with E-state index < -0.39 is 0 Å². The quantitative estimate of drug-likeness (QED) is 0.133. The minimum absolute atomic E-state index is 0.142. The Morgan fingerprint density at radius 1 is 1.13 bits per heavy atom. The van der Waals surface area contributed by atoms with Gasteiger partial charge in [-0.3, -0.25) is 9.78 Å². The zero-order valence-corrected chi connectivity index (χ0v) is 23.9. The molecule has 2 aromatic heterocycles. The highest BCUT2D eigenvalue weighted by molar-refractivity contribution is 8.13. The predicted octanol–water partition coefficient (Wildman–Crippen LogP) is 4.70. The third-order valence-electron chi connectivity index (χ3n) is 6.19. The second-order valence-corrected chi connectivity index (χ2v) is 10.2. The van der Waals surface area contributed by atoms with Crippen LogP contribution in [-0.4, -0.2) is 59.6 Å². The summed E-state index contributed by atoms with van der Waals surface area (Å²) in [7, 11) is 3.24. The van der Waals surface area contributed by atoms with Gasteiger partial charge in [-0.2, -0.15) is 5.10 Å². The van der Waals surface area contributed by atoms with Crippen LogP contribution in [0.3, 0.4) is 0 Å². The molecule has 0 fully saturated rings. The molecule has 0 saturated carbocycles. The molecule has 39 heavy (non-hydrogen) atoms. The lowest BCUT2D eigenvalue weighted by atomic mass is 9.93. The number of pyridine rings is 1. The van der Waals surface area contributed by atoms with E-state index in [0.717, 1.165) is 27.8 Å². The van der Waals surface area contributed by atoms with E-state index in [9.17, 15) is 4.79 Å². The molecule has 0 aliphatic carbocycles. The molecule has 0 saturated heterocycles. The van der Waals surface area contributed by atoms with Crippen LogP contribution in [0, 0.1) is 5.92 Å². The first kappa shape index (κ1) is 29.7. The second kappa shape index (κ2) is 14.9. The first-order chi connectivity index (χ1) is 18.8. The molecule has 0 amide bonds. The van der Waals surface area contributed by atoms with Gasteiger partial charge >= 0.3 is 0 Å². The molecule has 2 atom stereocenters. The van der Waals surface area contributed by atoms with Gasteiger partial charge in [0.25, 0.3) is 5.56 Å². The van der Waals surface area contributed by atoms with E-state index in [2.05, 4.69) is 46.2 Å². The fraction of sp³-hybridized carbons (Fsp3) is 0.393. The van der Waals surface area contributed by atoms with Crippen molar-refractivity contribution in [2.24, 2.45) is 16.1 Å². The SMILES string of the molecule is C=N/N=C(/C)SCCNc1cc(OCC(C)C(C)c2ccc(OC)cn2)nn(Cc2ccc(OC)cc2)c1=O. The molecule has 1 aromatic carbocycles. The van der Waals surface area contributed by atoms with Crippen molar-refractivity contribution in [2.45, 2.75) is 33.2 Å². The first-order valence-electron chi connectivity index (χ1n) is 12.6. The molecule has 2 heterocycles. The maximum Gasteiger partial charge on any atom is 0.290 e. The molecule has 2 unspecified atom stereocenters. The zero-order chi connectivity index (χ0) is 28.2. The van der Waals surface area contributed by atoms with Gasteiger partial charge < -0.3 is 19.5 Å². The fourth-order valence-electron chi connectivity index (χ4n) is 3.67. The lowest BCUT2D eigenvalue weighted by molar-refractivity contribution is 0.227. The molecule has 208 valence electrons. The average Bonchev–Trinajstić information content (AvgIpc) is 2.96. The maximum absolute atomic E-state index is 13.2. The van der Waals surface area contributed by atoms with Crippen LogP contribution in [0.1, 0.15) is 37.9 Å². The Hall–Kier alpha value is -3.86. The molecule has 0 aliphatic rings. The van der Waals surface area contributed by atoms with E-state index in [0.29, 0.717) is 37.0 Å². The molecule has 0 spiro atoms. The van der Waals surface area contributed by atoms with Crippen molar-refractivity contribution < 1.29 is 14.2 Å². The Morgan fingerprint density at radius 3 is 2.49 bits per heavy atom. The second-order valence-electron chi connectivity index (χ2n) is 8.94. The monoisotopic (exact) mass is 552 g/mol. The minimum Gasteiger partial charge on any atom is -0.497 e. The van der Waals surface area contributed by atoms with Gasteiger partial charge in [-0.15, -0.1) is 22.0 Å². The van der Waals surface area contributed by atoms with Crippen LogP contribution in [0.5, 0.6) is 17.4 Å². The summed E-state index contributed by atoms with van der Waals surface area (Å²) in [5.41, 5.74) is 2.06. The molecule has 11 heteroatoms. The van der Waals surface area contributed by atoms with Crippen LogP contribution in [0.15, 0.2) is 63.7 Å². The van der Waals surface area contributed by atoms with E-state index in [1.807, 2.05) is 43.3 Å². The number of nitrogens with one attached hydrogen (secondary N) is 1. The molecule has 1 N–H and O–H groups in total. The van der Waals surface area contributed by atoms with Crippen LogP contribution >= 0.6 is 11.8 Å². The topological polar surface area (TPSA) is 112 Å². The largest absolute Gasteiger partial charge is 0.497 e. The van der Waals surface area contributed by atoms with E-state index >= 15 is 0 Å². The normalized spacial score (nSPS) is 12.9. The van der Waals surface area contributed by atoms with Crippen molar-refractivity contribution >= 4 is 29.2 Å². The van der Waals surface area contributed by atoms with Crippen molar-refractivity contribution in [2.75, 3.05) is 38.4 Å². The summed E-state index contributed by atoms with van der Waals surface area (Å²) in [5, 5.41) is 16.0. The van der Waals surface area contributed by atoms with Crippen LogP contribution in [-0.2, 0) is 6.54 Å². The number of thioether (sulfide) groups is 1. The Morgan fingerprint density at radius 2 is 1.85 bits per heavy atom. The van der Waals surface area contributed by atoms with E-state index in [1.54, 1.807) is 26.5 Å². The summed E-state index contributed by atoms with van der Waals surface area (Å²) in [6.07, 6.45) is 1.72. The standard InChI is InChI=1S/C28H36N6O4S/c1-19(20(2)25-12-11-24(37-6)16-31-25)18-38-27-15-26(30-13-14-39-21(3)32-29-4)28(35)34(33-27)17-22-7-9-23(36-5)10-8-22/h7-12,15-16,19-20,30H,4,13-14,17-18H2,1-3,5-6H3/b32-21-. The summed E-state index contributed by atoms with van der Waals surface area (Å²) in [6.45, 7) is 10.7. The Balaban J connectivity index is 1.75. The molecule has 3 rings (SSSR count). The van der Waals surface area contributed by atoms with Gasteiger partial charge in [-0.1, -0.05) is 26.0 Å². The number of benzene rings is 1.